The van der Waals surface area contributed by atoms with E-state index >= 15 is 8.78 Å². The summed E-state index contributed by atoms with van der Waals surface area (Å²) in [5.74, 6) is -1.25. The number of ether oxygens (including phenoxy) is 3. The number of alkyl halides is 1. The predicted octanol–water partition coefficient (Wildman–Crippen LogP) is 7.69. The van der Waals surface area contributed by atoms with E-state index in [2.05, 4.69) is 15.2 Å². The molecule has 0 saturated carbocycles. The van der Waals surface area contributed by atoms with Crippen LogP contribution >= 0.6 is 22.9 Å². The first-order chi connectivity index (χ1) is 27.2. The van der Waals surface area contributed by atoms with Crippen LogP contribution in [0.25, 0.3) is 32.1 Å². The number of hydrogen-bond acceptors (Lipinski definition) is 11. The molecule has 4 saturated heterocycles. The number of nitriles is 1. The van der Waals surface area contributed by atoms with Crippen LogP contribution in [-0.4, -0.2) is 108 Å². The molecule has 4 aliphatic heterocycles. The molecule has 302 valence electrons. The molecule has 0 aliphatic carbocycles. The van der Waals surface area contributed by atoms with Gasteiger partial charge in [-0.1, -0.05) is 17.7 Å². The monoisotopic (exact) mass is 825 g/mol. The normalized spacial score (nSPS) is 21.9. The van der Waals surface area contributed by atoms with Crippen LogP contribution in [0.1, 0.15) is 58.4 Å². The average molecular weight is 826 g/mol. The number of rotatable bonds is 7. The summed E-state index contributed by atoms with van der Waals surface area (Å²) in [4.78, 5) is 41.4. The molecule has 0 spiro atoms. The third-order valence-electron chi connectivity index (χ3n) is 11.3. The molecule has 57 heavy (non-hydrogen) atoms. The molecule has 2 amide bonds. The topological polar surface area (TPSA) is 133 Å². The number of hydrogen-bond donors (Lipinski definition) is 1. The molecular formula is C40H43ClF3N7O5S. The standard InChI is InChI=1S/C40H43ClF3N7O5S/c1-39(2,3)56-38(53)48-35-26(19-45)29-24(5-6-28(43)33(29)57-35)30-27(41)17-25-32(31(30)44)46-37(55-21-40-9-4-10-51(40)20-23(42)18-40)47-34(25)49-11-7-22(8-12-49)36(52)50-13-15-54-16-14-50/h5-6,17,22-23H,4,7-16,18,20-21H2,1-3H3,(H,48,53)/t23-,40+/m1/s1. The Labute approximate surface area is 336 Å². The predicted molar refractivity (Wildman–Crippen MR) is 211 cm³/mol. The van der Waals surface area contributed by atoms with Crippen molar-refractivity contribution >= 4 is 66.7 Å². The summed E-state index contributed by atoms with van der Waals surface area (Å²) in [5.41, 5.74) is -1.57. The van der Waals surface area contributed by atoms with Crippen LogP contribution in [0, 0.1) is 28.9 Å². The van der Waals surface area contributed by atoms with E-state index in [1.54, 1.807) is 26.8 Å². The highest BCUT2D eigenvalue weighted by atomic mass is 35.5. The maximum absolute atomic E-state index is 17.4. The zero-order valence-corrected chi connectivity index (χ0v) is 33.5. The number of aromatic nitrogens is 2. The molecule has 2 aromatic carbocycles. The van der Waals surface area contributed by atoms with E-state index in [1.165, 1.54) is 6.07 Å². The van der Waals surface area contributed by atoms with Crippen LogP contribution in [-0.2, 0) is 14.3 Å². The first-order valence-electron chi connectivity index (χ1n) is 19.2. The molecule has 8 rings (SSSR count). The van der Waals surface area contributed by atoms with Crippen molar-refractivity contribution in [1.29, 1.82) is 5.26 Å². The Morgan fingerprint density at radius 3 is 2.61 bits per heavy atom. The quantitative estimate of drug-likeness (QED) is 0.198. The van der Waals surface area contributed by atoms with Crippen molar-refractivity contribution in [3.8, 4) is 23.2 Å². The molecule has 0 radical (unpaired) electrons. The van der Waals surface area contributed by atoms with Crippen LogP contribution < -0.4 is 15.0 Å². The Balaban J connectivity index is 1.20. The van der Waals surface area contributed by atoms with Gasteiger partial charge in [0.15, 0.2) is 5.82 Å². The maximum atomic E-state index is 17.4. The van der Waals surface area contributed by atoms with Gasteiger partial charge in [-0.3, -0.25) is 15.0 Å². The lowest BCUT2D eigenvalue weighted by Crippen LogP contribution is -2.47. The minimum absolute atomic E-state index is 0.00988. The number of nitrogens with one attached hydrogen (secondary N) is 1. The Hall–Kier alpha value is -4.43. The van der Waals surface area contributed by atoms with Gasteiger partial charge in [0.05, 0.1) is 34.0 Å². The molecule has 6 heterocycles. The van der Waals surface area contributed by atoms with Gasteiger partial charge in [-0.25, -0.2) is 18.0 Å². The van der Waals surface area contributed by atoms with Crippen molar-refractivity contribution in [3.05, 3.63) is 40.4 Å². The summed E-state index contributed by atoms with van der Waals surface area (Å²) in [7, 11) is 0. The average Bonchev–Trinajstić information content (AvgIpc) is 3.84. The Bertz CT molecular complexity index is 2290. The summed E-state index contributed by atoms with van der Waals surface area (Å²) in [6.45, 7) is 9.28. The van der Waals surface area contributed by atoms with Gasteiger partial charge in [-0.05, 0) is 70.7 Å². The number of nitrogens with zero attached hydrogens (tertiary/aromatic N) is 6. The smallest absolute Gasteiger partial charge is 0.412 e. The molecule has 0 unspecified atom stereocenters. The number of halogens is 4. The van der Waals surface area contributed by atoms with Crippen LogP contribution in [0.3, 0.4) is 0 Å². The molecule has 12 nitrogen and oxygen atoms in total. The lowest BCUT2D eigenvalue weighted by molar-refractivity contribution is -0.140. The highest BCUT2D eigenvalue weighted by Crippen LogP contribution is 2.47. The number of morpholine rings is 1. The third-order valence-corrected chi connectivity index (χ3v) is 12.7. The minimum atomic E-state index is -0.978. The zero-order valence-electron chi connectivity index (χ0n) is 31.9. The van der Waals surface area contributed by atoms with Gasteiger partial charge in [0.25, 0.3) is 0 Å². The lowest BCUT2D eigenvalue weighted by Gasteiger charge is -2.36. The van der Waals surface area contributed by atoms with Crippen molar-refractivity contribution < 1.29 is 37.0 Å². The van der Waals surface area contributed by atoms with Gasteiger partial charge in [0, 0.05) is 61.4 Å². The fraction of sp³-hybridized carbons (Fsp3) is 0.525. The third kappa shape index (κ3) is 7.55. The van der Waals surface area contributed by atoms with Crippen LogP contribution in [0.15, 0.2) is 18.2 Å². The number of piperidine rings is 1. The number of carbonyl (C=O) groups excluding carboxylic acids is 2. The molecule has 2 aromatic heterocycles. The number of carbonyl (C=O) groups is 2. The van der Waals surface area contributed by atoms with E-state index in [4.69, 9.17) is 30.8 Å². The largest absolute Gasteiger partial charge is 0.461 e. The molecule has 4 aliphatic rings. The molecular weight excluding hydrogens is 783 g/mol. The molecule has 17 heteroatoms. The summed E-state index contributed by atoms with van der Waals surface area (Å²) in [5, 5.41) is 13.2. The van der Waals surface area contributed by atoms with Crippen LogP contribution in [0.2, 0.25) is 5.02 Å². The maximum Gasteiger partial charge on any atom is 0.412 e. The Morgan fingerprint density at radius 2 is 1.89 bits per heavy atom. The summed E-state index contributed by atoms with van der Waals surface area (Å²) in [6.07, 6.45) is 1.25. The second-order valence-electron chi connectivity index (χ2n) is 16.2. The van der Waals surface area contributed by atoms with Crippen molar-refractivity contribution in [2.24, 2.45) is 5.92 Å². The van der Waals surface area contributed by atoms with Crippen LogP contribution in [0.5, 0.6) is 6.01 Å². The number of thiophene rings is 1. The second kappa shape index (κ2) is 15.4. The second-order valence-corrected chi connectivity index (χ2v) is 17.6. The van der Waals surface area contributed by atoms with Crippen LogP contribution in [0.4, 0.5) is 28.8 Å². The lowest BCUT2D eigenvalue weighted by atomic mass is 9.94. The van der Waals surface area contributed by atoms with E-state index < -0.39 is 35.0 Å². The Morgan fingerprint density at radius 1 is 1.14 bits per heavy atom. The summed E-state index contributed by atoms with van der Waals surface area (Å²) >= 11 is 7.78. The van der Waals surface area contributed by atoms with E-state index in [1.807, 2.05) is 15.9 Å². The van der Waals surface area contributed by atoms with Crippen molar-refractivity contribution in [1.82, 2.24) is 19.8 Å². The van der Waals surface area contributed by atoms with E-state index in [-0.39, 0.29) is 66.8 Å². The summed E-state index contributed by atoms with van der Waals surface area (Å²) in [6, 6.07) is 6.00. The Kier molecular flexibility index (Phi) is 10.6. The SMILES string of the molecule is CC(C)(C)OC(=O)Nc1sc2c(F)ccc(-c3c(Cl)cc4c(N5CCC(C(=O)N6CCOCC6)CC5)nc(OC[C@@]56CCCN5C[C@H](F)C6)nc4c3F)c2c1C#N. The van der Waals surface area contributed by atoms with Gasteiger partial charge < -0.3 is 24.0 Å². The van der Waals surface area contributed by atoms with Gasteiger partial charge in [0.1, 0.15) is 46.6 Å². The van der Waals surface area contributed by atoms with Crippen molar-refractivity contribution in [2.75, 3.05) is 69.3 Å². The van der Waals surface area contributed by atoms with Gasteiger partial charge in [-0.15, -0.1) is 11.3 Å². The molecule has 0 bridgehead atoms. The van der Waals surface area contributed by atoms with Crippen molar-refractivity contribution in [3.63, 3.8) is 0 Å². The zero-order chi connectivity index (χ0) is 40.2. The fourth-order valence-corrected chi connectivity index (χ4v) is 10.1. The molecule has 2 atom stereocenters. The summed E-state index contributed by atoms with van der Waals surface area (Å²) < 4.78 is 64.5. The van der Waals surface area contributed by atoms with Gasteiger partial charge >= 0.3 is 12.1 Å². The number of anilines is 2. The number of fused-ring (bicyclic) bond motifs is 3. The first kappa shape index (κ1) is 39.4. The van der Waals surface area contributed by atoms with Crippen molar-refractivity contribution in [2.45, 2.75) is 70.2 Å². The highest BCUT2D eigenvalue weighted by molar-refractivity contribution is 7.23. The van der Waals surface area contributed by atoms with E-state index in [0.29, 0.717) is 76.4 Å². The van der Waals surface area contributed by atoms with Gasteiger partial charge in [-0.2, -0.15) is 15.2 Å². The van der Waals surface area contributed by atoms with Gasteiger partial charge in [0.2, 0.25) is 5.91 Å². The van der Waals surface area contributed by atoms with E-state index in [9.17, 15) is 19.2 Å². The molecule has 4 aromatic rings. The number of benzene rings is 2. The fourth-order valence-electron chi connectivity index (χ4n) is 8.71. The molecule has 1 N–H and O–H groups in total. The first-order valence-corrected chi connectivity index (χ1v) is 20.4. The highest BCUT2D eigenvalue weighted by Gasteiger charge is 2.49. The molecule has 4 fully saturated rings. The number of amides is 2. The minimum Gasteiger partial charge on any atom is -0.461 e. The van der Waals surface area contributed by atoms with E-state index in [0.717, 1.165) is 36.8 Å².